The smallest absolute Gasteiger partial charge is 0.271 e. The van der Waals surface area contributed by atoms with Crippen LogP contribution in [-0.4, -0.2) is 25.1 Å². The number of rotatable bonds is 6. The highest BCUT2D eigenvalue weighted by atomic mass is 32.1. The lowest BCUT2D eigenvalue weighted by Gasteiger charge is -2.08. The van der Waals surface area contributed by atoms with Gasteiger partial charge < -0.3 is 14.8 Å². The molecule has 1 amide bonds. The van der Waals surface area contributed by atoms with Crippen LogP contribution in [0.15, 0.2) is 47.8 Å². The van der Waals surface area contributed by atoms with Gasteiger partial charge in [0.1, 0.15) is 16.5 Å². The topological polar surface area (TPSA) is 60.5 Å². The van der Waals surface area contributed by atoms with Crippen LogP contribution in [0.3, 0.4) is 0 Å². The first-order valence-corrected chi connectivity index (χ1v) is 8.69. The molecule has 2 aromatic carbocycles. The van der Waals surface area contributed by atoms with Crippen molar-refractivity contribution in [1.29, 1.82) is 0 Å². The Labute approximate surface area is 154 Å². The minimum Gasteiger partial charge on any atom is -0.493 e. The Morgan fingerprint density at radius 2 is 1.85 bits per heavy atom. The van der Waals surface area contributed by atoms with Crippen molar-refractivity contribution < 1.29 is 18.7 Å². The number of ether oxygens (including phenoxy) is 2. The van der Waals surface area contributed by atoms with Crippen molar-refractivity contribution in [2.75, 3.05) is 14.2 Å². The van der Waals surface area contributed by atoms with E-state index in [1.54, 1.807) is 37.8 Å². The summed E-state index contributed by atoms with van der Waals surface area (Å²) in [4.78, 5) is 16.7. The minimum atomic E-state index is -0.306. The number of amides is 1. The van der Waals surface area contributed by atoms with Crippen molar-refractivity contribution in [3.8, 4) is 22.1 Å². The summed E-state index contributed by atoms with van der Waals surface area (Å²) in [5, 5.41) is 5.19. The molecule has 3 rings (SSSR count). The van der Waals surface area contributed by atoms with Crippen molar-refractivity contribution in [3.05, 3.63) is 64.9 Å². The second kappa shape index (κ2) is 7.97. The molecule has 134 valence electrons. The van der Waals surface area contributed by atoms with Gasteiger partial charge in [-0.3, -0.25) is 4.79 Å². The van der Waals surface area contributed by atoms with Gasteiger partial charge in [0.05, 0.1) is 14.2 Å². The van der Waals surface area contributed by atoms with Crippen molar-refractivity contribution in [3.63, 3.8) is 0 Å². The van der Waals surface area contributed by atoms with Crippen molar-refractivity contribution in [1.82, 2.24) is 10.3 Å². The second-order valence-corrected chi connectivity index (χ2v) is 6.27. The number of aromatic nitrogens is 1. The molecule has 0 aliphatic rings. The molecule has 7 heteroatoms. The third-order valence-corrected chi connectivity index (χ3v) is 4.63. The average Bonchev–Trinajstić information content (AvgIpc) is 3.17. The van der Waals surface area contributed by atoms with Gasteiger partial charge in [-0.15, -0.1) is 11.3 Å². The average molecular weight is 372 g/mol. The molecule has 0 saturated carbocycles. The molecular weight excluding hydrogens is 355 g/mol. The number of nitrogens with one attached hydrogen (secondary N) is 1. The highest BCUT2D eigenvalue weighted by Crippen LogP contribution is 2.33. The highest BCUT2D eigenvalue weighted by molar-refractivity contribution is 7.13. The van der Waals surface area contributed by atoms with Crippen LogP contribution in [0.1, 0.15) is 16.1 Å². The largest absolute Gasteiger partial charge is 0.493 e. The fourth-order valence-electron chi connectivity index (χ4n) is 2.36. The summed E-state index contributed by atoms with van der Waals surface area (Å²) in [5.74, 6) is 0.643. The summed E-state index contributed by atoms with van der Waals surface area (Å²) < 4.78 is 23.4. The Hall–Kier alpha value is -2.93. The van der Waals surface area contributed by atoms with Gasteiger partial charge in [-0.05, 0) is 35.9 Å². The first-order chi connectivity index (χ1) is 12.6. The molecule has 1 heterocycles. The molecule has 5 nitrogen and oxygen atoms in total. The Balaban J connectivity index is 1.70. The molecule has 0 saturated heterocycles. The third kappa shape index (κ3) is 4.00. The fraction of sp³-hybridized carbons (Fsp3) is 0.158. The number of carbonyl (C=O) groups excluding carboxylic acids is 1. The van der Waals surface area contributed by atoms with Crippen molar-refractivity contribution >= 4 is 17.2 Å². The van der Waals surface area contributed by atoms with E-state index in [-0.39, 0.29) is 11.7 Å². The van der Waals surface area contributed by atoms with Gasteiger partial charge in [0, 0.05) is 17.5 Å². The number of halogens is 1. The molecular formula is C19H17FN2O3S. The number of nitrogens with zero attached hydrogens (tertiary/aromatic N) is 1. The van der Waals surface area contributed by atoms with Crippen LogP contribution in [0.2, 0.25) is 0 Å². The summed E-state index contributed by atoms with van der Waals surface area (Å²) >= 11 is 1.37. The van der Waals surface area contributed by atoms with Gasteiger partial charge in [0.15, 0.2) is 11.5 Å². The van der Waals surface area contributed by atoms with E-state index in [9.17, 15) is 9.18 Å². The van der Waals surface area contributed by atoms with Gasteiger partial charge >= 0.3 is 0 Å². The normalized spacial score (nSPS) is 10.4. The molecule has 0 aliphatic heterocycles. The van der Waals surface area contributed by atoms with Crippen LogP contribution in [0, 0.1) is 5.82 Å². The molecule has 0 aliphatic carbocycles. The SMILES string of the molecule is COc1ccc(-c2nc(C(=O)NCc3ccc(F)cc3)cs2)cc1OC. The lowest BCUT2D eigenvalue weighted by Crippen LogP contribution is -2.23. The molecule has 1 aromatic heterocycles. The summed E-state index contributed by atoms with van der Waals surface area (Å²) in [6.07, 6.45) is 0. The number of benzene rings is 2. The third-order valence-electron chi connectivity index (χ3n) is 3.73. The summed E-state index contributed by atoms with van der Waals surface area (Å²) in [6, 6.07) is 11.5. The quantitative estimate of drug-likeness (QED) is 0.713. The van der Waals surface area contributed by atoms with Crippen molar-refractivity contribution in [2.24, 2.45) is 0 Å². The van der Waals surface area contributed by atoms with E-state index in [2.05, 4.69) is 10.3 Å². The predicted octanol–water partition coefficient (Wildman–Crippen LogP) is 3.90. The zero-order chi connectivity index (χ0) is 18.5. The Kier molecular flexibility index (Phi) is 5.48. The summed E-state index contributed by atoms with van der Waals surface area (Å²) in [5.41, 5.74) is 1.99. The number of thiazole rings is 1. The molecule has 0 bridgehead atoms. The van der Waals surface area contributed by atoms with Crippen LogP contribution in [-0.2, 0) is 6.54 Å². The molecule has 26 heavy (non-hydrogen) atoms. The van der Waals surface area contributed by atoms with Gasteiger partial charge in [0.2, 0.25) is 0 Å². The first-order valence-electron chi connectivity index (χ1n) is 7.81. The summed E-state index contributed by atoms with van der Waals surface area (Å²) in [6.45, 7) is 0.308. The van der Waals surface area contributed by atoms with Gasteiger partial charge in [0.25, 0.3) is 5.91 Å². The molecule has 0 spiro atoms. The number of hydrogen-bond donors (Lipinski definition) is 1. The van der Waals surface area contributed by atoms with E-state index in [0.29, 0.717) is 28.7 Å². The Morgan fingerprint density at radius 3 is 2.54 bits per heavy atom. The van der Waals surface area contributed by atoms with E-state index in [1.165, 1.54) is 23.5 Å². The van der Waals surface area contributed by atoms with E-state index in [0.717, 1.165) is 11.1 Å². The summed E-state index contributed by atoms with van der Waals surface area (Å²) in [7, 11) is 3.14. The first kappa shape index (κ1) is 17.9. The van der Waals surface area contributed by atoms with E-state index in [1.807, 2.05) is 12.1 Å². The number of methoxy groups -OCH3 is 2. The van der Waals surface area contributed by atoms with Crippen LogP contribution in [0.5, 0.6) is 11.5 Å². The Morgan fingerprint density at radius 1 is 1.12 bits per heavy atom. The van der Waals surface area contributed by atoms with Crippen LogP contribution < -0.4 is 14.8 Å². The van der Waals surface area contributed by atoms with Gasteiger partial charge in [-0.2, -0.15) is 0 Å². The van der Waals surface area contributed by atoms with Gasteiger partial charge in [-0.25, -0.2) is 9.37 Å². The maximum atomic E-state index is 12.9. The van der Waals surface area contributed by atoms with Crippen molar-refractivity contribution in [2.45, 2.75) is 6.54 Å². The molecule has 3 aromatic rings. The van der Waals surface area contributed by atoms with Crippen LogP contribution >= 0.6 is 11.3 Å². The second-order valence-electron chi connectivity index (χ2n) is 5.42. The predicted molar refractivity (Wildman–Crippen MR) is 98.2 cm³/mol. The maximum absolute atomic E-state index is 12.9. The molecule has 1 N–H and O–H groups in total. The fourth-order valence-corrected chi connectivity index (χ4v) is 3.15. The minimum absolute atomic E-state index is 0.280. The van der Waals surface area contributed by atoms with Crippen LogP contribution in [0.25, 0.3) is 10.6 Å². The van der Waals surface area contributed by atoms with E-state index < -0.39 is 0 Å². The lowest BCUT2D eigenvalue weighted by molar-refractivity contribution is 0.0946. The van der Waals surface area contributed by atoms with Gasteiger partial charge in [-0.1, -0.05) is 12.1 Å². The van der Waals surface area contributed by atoms with E-state index >= 15 is 0 Å². The standard InChI is InChI=1S/C19H17FN2O3S/c1-24-16-8-5-13(9-17(16)25-2)19-22-15(11-26-19)18(23)21-10-12-3-6-14(20)7-4-12/h3-9,11H,10H2,1-2H3,(H,21,23). The monoisotopic (exact) mass is 372 g/mol. The zero-order valence-corrected chi connectivity index (χ0v) is 15.1. The molecule has 0 radical (unpaired) electrons. The van der Waals surface area contributed by atoms with E-state index in [4.69, 9.17) is 9.47 Å². The molecule has 0 unspecified atom stereocenters. The highest BCUT2D eigenvalue weighted by Gasteiger charge is 2.13. The number of hydrogen-bond acceptors (Lipinski definition) is 5. The maximum Gasteiger partial charge on any atom is 0.271 e. The molecule has 0 fully saturated rings. The van der Waals surface area contributed by atoms with Crippen LogP contribution in [0.4, 0.5) is 4.39 Å². The number of carbonyl (C=O) groups is 1. The molecule has 0 atom stereocenters. The Bertz CT molecular complexity index is 909. The zero-order valence-electron chi connectivity index (χ0n) is 14.3. The lowest BCUT2D eigenvalue weighted by atomic mass is 10.2.